The normalized spacial score (nSPS) is 10.8. The number of aromatic nitrogens is 2. The van der Waals surface area contributed by atoms with Gasteiger partial charge in [0.05, 0.1) is 28.7 Å². The molecule has 3 rings (SSSR count). The summed E-state index contributed by atoms with van der Waals surface area (Å²) in [5, 5.41) is 0.521. The molecule has 0 unspecified atom stereocenters. The number of fused-ring (bicyclic) bond motifs is 1. The third-order valence-electron chi connectivity index (χ3n) is 3.82. The van der Waals surface area contributed by atoms with Crippen molar-refractivity contribution in [3.8, 4) is 11.4 Å². The van der Waals surface area contributed by atoms with Gasteiger partial charge in [0.2, 0.25) is 0 Å². The molecule has 2 aromatic carbocycles. The first-order valence-corrected chi connectivity index (χ1v) is 7.85. The molecule has 0 amide bonds. The Morgan fingerprint density at radius 3 is 2.58 bits per heavy atom. The Morgan fingerprint density at radius 2 is 1.96 bits per heavy atom. The van der Waals surface area contributed by atoms with Gasteiger partial charge in [0.15, 0.2) is 0 Å². The highest BCUT2D eigenvalue weighted by Crippen LogP contribution is 2.18. The third kappa shape index (κ3) is 3.00. The monoisotopic (exact) mass is 339 g/mol. The molecule has 0 atom stereocenters. The molecule has 1 aromatic heterocycles. The molecule has 5 nitrogen and oxygen atoms in total. The first-order chi connectivity index (χ1) is 11.5. The molecule has 24 heavy (non-hydrogen) atoms. The lowest BCUT2D eigenvalue weighted by Crippen LogP contribution is -2.22. The van der Waals surface area contributed by atoms with Gasteiger partial charge >= 0.3 is 0 Å². The van der Waals surface area contributed by atoms with E-state index in [1.807, 2.05) is 31.2 Å². The van der Waals surface area contributed by atoms with Crippen LogP contribution < -0.4 is 16.0 Å². The lowest BCUT2D eigenvalue weighted by molar-refractivity contribution is 0.415. The van der Waals surface area contributed by atoms with Crippen molar-refractivity contribution in [1.82, 2.24) is 9.55 Å². The molecule has 0 saturated carbocycles. The van der Waals surface area contributed by atoms with Gasteiger partial charge in [-0.25, -0.2) is 4.98 Å². The fourth-order valence-corrected chi connectivity index (χ4v) is 2.84. The number of hydrogen-bond donors (Lipinski definition) is 1. The van der Waals surface area contributed by atoms with E-state index in [0.717, 1.165) is 11.3 Å². The summed E-state index contributed by atoms with van der Waals surface area (Å²) in [6.07, 6.45) is 0.538. The minimum atomic E-state index is -0.126. The van der Waals surface area contributed by atoms with Crippen molar-refractivity contribution in [1.29, 1.82) is 0 Å². The van der Waals surface area contributed by atoms with Crippen LogP contribution in [-0.2, 0) is 6.42 Å². The van der Waals surface area contributed by atoms with Crippen LogP contribution >= 0.6 is 12.2 Å². The van der Waals surface area contributed by atoms with Crippen LogP contribution in [0.25, 0.3) is 16.6 Å². The maximum absolute atomic E-state index is 12.9. The number of nitrogens with zero attached hydrogens (tertiary/aromatic N) is 2. The Labute approximate surface area is 144 Å². The second kappa shape index (κ2) is 6.41. The van der Waals surface area contributed by atoms with Gasteiger partial charge in [-0.05, 0) is 42.8 Å². The van der Waals surface area contributed by atoms with Crippen molar-refractivity contribution in [3.63, 3.8) is 0 Å². The van der Waals surface area contributed by atoms with Gasteiger partial charge in [0, 0.05) is 6.42 Å². The quantitative estimate of drug-likeness (QED) is 0.740. The number of hydrogen-bond acceptors (Lipinski definition) is 4. The van der Waals surface area contributed by atoms with Gasteiger partial charge in [-0.15, -0.1) is 0 Å². The smallest absolute Gasteiger partial charge is 0.266 e. The number of methoxy groups -OCH3 is 1. The van der Waals surface area contributed by atoms with E-state index in [1.54, 1.807) is 29.9 Å². The van der Waals surface area contributed by atoms with Crippen molar-refractivity contribution in [2.24, 2.45) is 5.73 Å². The van der Waals surface area contributed by atoms with Gasteiger partial charge in [-0.1, -0.05) is 24.4 Å². The number of thiocarbonyl (C=S) groups is 1. The zero-order chi connectivity index (χ0) is 17.3. The van der Waals surface area contributed by atoms with Gasteiger partial charge in [-0.2, -0.15) is 0 Å². The van der Waals surface area contributed by atoms with Crippen LogP contribution in [0.4, 0.5) is 0 Å². The molecule has 0 aliphatic rings. The van der Waals surface area contributed by atoms with E-state index < -0.39 is 0 Å². The number of nitrogens with two attached hydrogens (primary N) is 1. The predicted octanol–water partition coefficient (Wildman–Crippen LogP) is 2.53. The summed E-state index contributed by atoms with van der Waals surface area (Å²) in [6.45, 7) is 1.81. The van der Waals surface area contributed by atoms with Crippen LogP contribution in [0.1, 0.15) is 11.4 Å². The van der Waals surface area contributed by atoms with Gasteiger partial charge in [-0.3, -0.25) is 9.36 Å². The summed E-state index contributed by atoms with van der Waals surface area (Å²) in [5.41, 5.74) is 7.85. The largest absolute Gasteiger partial charge is 0.497 e. The minimum absolute atomic E-state index is 0.126. The van der Waals surface area contributed by atoms with E-state index in [-0.39, 0.29) is 5.56 Å². The number of benzene rings is 2. The summed E-state index contributed by atoms with van der Waals surface area (Å²) in [5.74, 6) is 1.25. The molecule has 3 aromatic rings. The van der Waals surface area contributed by atoms with Crippen LogP contribution in [0.5, 0.6) is 5.75 Å². The molecule has 2 N–H and O–H groups in total. The zero-order valence-electron chi connectivity index (χ0n) is 13.4. The van der Waals surface area contributed by atoms with E-state index in [9.17, 15) is 4.79 Å². The molecule has 0 aliphatic heterocycles. The molecule has 0 bridgehead atoms. The summed E-state index contributed by atoms with van der Waals surface area (Å²) in [4.78, 5) is 17.9. The van der Waals surface area contributed by atoms with Gasteiger partial charge < -0.3 is 10.5 Å². The Balaban J connectivity index is 2.15. The van der Waals surface area contributed by atoms with Crippen molar-refractivity contribution < 1.29 is 4.74 Å². The molecule has 1 heterocycles. The Bertz CT molecular complexity index is 978. The van der Waals surface area contributed by atoms with E-state index >= 15 is 0 Å². The van der Waals surface area contributed by atoms with Crippen molar-refractivity contribution in [2.45, 2.75) is 13.3 Å². The molecule has 0 saturated heterocycles. The maximum atomic E-state index is 12.9. The van der Waals surface area contributed by atoms with Crippen LogP contribution in [0.15, 0.2) is 47.3 Å². The van der Waals surface area contributed by atoms with E-state index in [2.05, 4.69) is 4.98 Å². The fraction of sp³-hybridized carbons (Fsp3) is 0.167. The topological polar surface area (TPSA) is 70.1 Å². The van der Waals surface area contributed by atoms with Crippen LogP contribution in [-0.4, -0.2) is 21.6 Å². The average molecular weight is 339 g/mol. The van der Waals surface area contributed by atoms with Crippen molar-refractivity contribution in [2.75, 3.05) is 7.11 Å². The first kappa shape index (κ1) is 16.1. The number of aryl methyl sites for hydroxylation is 1. The van der Waals surface area contributed by atoms with E-state index in [4.69, 9.17) is 22.7 Å². The molecule has 0 spiro atoms. The average Bonchev–Trinajstić information content (AvgIpc) is 2.55. The van der Waals surface area contributed by atoms with E-state index in [0.29, 0.717) is 33.9 Å². The molecule has 0 fully saturated rings. The SMILES string of the molecule is COc1ccc2nc(C)n(-c3ccc(CC(N)=S)cc3)c(=O)c2c1. The third-order valence-corrected chi connectivity index (χ3v) is 3.96. The van der Waals surface area contributed by atoms with Gasteiger partial charge in [0.25, 0.3) is 5.56 Å². The minimum Gasteiger partial charge on any atom is -0.497 e. The lowest BCUT2D eigenvalue weighted by atomic mass is 10.1. The van der Waals surface area contributed by atoms with Crippen LogP contribution in [0, 0.1) is 6.92 Å². The van der Waals surface area contributed by atoms with Crippen LogP contribution in [0.2, 0.25) is 0 Å². The Kier molecular flexibility index (Phi) is 4.31. The highest BCUT2D eigenvalue weighted by atomic mass is 32.1. The number of rotatable bonds is 4. The maximum Gasteiger partial charge on any atom is 0.266 e. The van der Waals surface area contributed by atoms with E-state index in [1.165, 1.54) is 0 Å². The second-order valence-electron chi connectivity index (χ2n) is 5.49. The molecule has 0 radical (unpaired) electrons. The van der Waals surface area contributed by atoms with Crippen molar-refractivity contribution >= 4 is 28.1 Å². The van der Waals surface area contributed by atoms with Crippen molar-refractivity contribution in [3.05, 3.63) is 64.2 Å². The Morgan fingerprint density at radius 1 is 1.25 bits per heavy atom. The standard InChI is InChI=1S/C18H17N3O2S/c1-11-20-16-8-7-14(23-2)10-15(16)18(22)21(11)13-5-3-12(4-6-13)9-17(19)24/h3-8,10H,9H2,1-2H3,(H2,19,24). The molecule has 122 valence electrons. The summed E-state index contributed by atoms with van der Waals surface area (Å²) in [7, 11) is 1.57. The summed E-state index contributed by atoms with van der Waals surface area (Å²) >= 11 is 4.92. The fourth-order valence-electron chi connectivity index (χ4n) is 2.67. The molecular weight excluding hydrogens is 322 g/mol. The zero-order valence-corrected chi connectivity index (χ0v) is 14.3. The molecular formula is C18H17N3O2S. The Hall–Kier alpha value is -2.73. The first-order valence-electron chi connectivity index (χ1n) is 7.44. The number of ether oxygens (including phenoxy) is 1. The predicted molar refractivity (Wildman–Crippen MR) is 99.1 cm³/mol. The lowest BCUT2D eigenvalue weighted by Gasteiger charge is -2.12. The molecule has 6 heteroatoms. The highest BCUT2D eigenvalue weighted by molar-refractivity contribution is 7.80. The van der Waals surface area contributed by atoms with Gasteiger partial charge in [0.1, 0.15) is 11.6 Å². The van der Waals surface area contributed by atoms with Crippen LogP contribution in [0.3, 0.4) is 0 Å². The molecule has 0 aliphatic carbocycles. The summed E-state index contributed by atoms with van der Waals surface area (Å²) < 4.78 is 6.80. The highest BCUT2D eigenvalue weighted by Gasteiger charge is 2.11. The second-order valence-corrected chi connectivity index (χ2v) is 6.02. The summed E-state index contributed by atoms with van der Waals surface area (Å²) in [6, 6.07) is 12.9.